The standard InChI is InChI=1S/C28H26ClFN4O2S/c1-18-31-25(17-37-18)28(36)34(12-4-11-33-10-3-7-26(33)35)16-21-13-19-8-9-23(30)15-24(19)32-27(21)20-5-2-6-22(29)14-20/h2,5-6,8-9,13-15,17H,3-4,7,10-12,16H2,1H3. The van der Waals surface area contributed by atoms with Crippen LogP contribution in [-0.4, -0.2) is 51.2 Å². The molecule has 0 N–H and O–H groups in total. The largest absolute Gasteiger partial charge is 0.343 e. The predicted octanol–water partition coefficient (Wildman–Crippen LogP) is 6.11. The second kappa shape index (κ2) is 10.9. The Morgan fingerprint density at radius 3 is 2.78 bits per heavy atom. The zero-order valence-corrected chi connectivity index (χ0v) is 22.0. The van der Waals surface area contributed by atoms with Gasteiger partial charge in [-0.1, -0.05) is 23.7 Å². The maximum Gasteiger partial charge on any atom is 0.273 e. The number of carbonyl (C=O) groups is 2. The fraction of sp³-hybridized carbons (Fsp3) is 0.286. The number of amides is 2. The Bertz CT molecular complexity index is 1470. The lowest BCUT2D eigenvalue weighted by Crippen LogP contribution is -2.35. The SMILES string of the molecule is Cc1nc(C(=O)N(CCCN2CCCC2=O)Cc2cc3ccc(F)cc3nc2-c2cccc(Cl)c2)cs1. The number of benzene rings is 2. The van der Waals surface area contributed by atoms with Gasteiger partial charge in [0.05, 0.1) is 16.2 Å². The van der Waals surface area contributed by atoms with Gasteiger partial charge in [-0.2, -0.15) is 0 Å². The van der Waals surface area contributed by atoms with E-state index in [1.165, 1.54) is 23.5 Å². The van der Waals surface area contributed by atoms with Crippen molar-refractivity contribution in [3.63, 3.8) is 0 Å². The quantitative estimate of drug-likeness (QED) is 0.272. The van der Waals surface area contributed by atoms with E-state index in [1.54, 1.807) is 22.4 Å². The van der Waals surface area contributed by atoms with Crippen molar-refractivity contribution >= 4 is 45.7 Å². The minimum Gasteiger partial charge on any atom is -0.343 e. The molecule has 190 valence electrons. The van der Waals surface area contributed by atoms with Gasteiger partial charge in [-0.15, -0.1) is 11.3 Å². The van der Waals surface area contributed by atoms with Gasteiger partial charge in [-0.05, 0) is 55.7 Å². The number of pyridine rings is 1. The van der Waals surface area contributed by atoms with Gasteiger partial charge in [-0.3, -0.25) is 9.59 Å². The van der Waals surface area contributed by atoms with E-state index in [9.17, 15) is 14.0 Å². The highest BCUT2D eigenvalue weighted by molar-refractivity contribution is 7.09. The summed E-state index contributed by atoms with van der Waals surface area (Å²) in [6.45, 7) is 3.98. The fourth-order valence-corrected chi connectivity index (χ4v) is 5.44. The highest BCUT2D eigenvalue weighted by Gasteiger charge is 2.23. The van der Waals surface area contributed by atoms with E-state index in [-0.39, 0.29) is 24.2 Å². The summed E-state index contributed by atoms with van der Waals surface area (Å²) < 4.78 is 14.0. The molecule has 0 bridgehead atoms. The van der Waals surface area contributed by atoms with Gasteiger partial charge in [0.1, 0.15) is 11.5 Å². The Hall–Kier alpha value is -3.36. The van der Waals surface area contributed by atoms with Gasteiger partial charge >= 0.3 is 0 Å². The predicted molar refractivity (Wildman–Crippen MR) is 144 cm³/mol. The second-order valence-corrected chi connectivity index (χ2v) is 10.7. The molecule has 1 aliphatic rings. The van der Waals surface area contributed by atoms with Gasteiger partial charge in [-0.25, -0.2) is 14.4 Å². The van der Waals surface area contributed by atoms with Crippen LogP contribution in [0.15, 0.2) is 53.9 Å². The maximum atomic E-state index is 14.0. The van der Waals surface area contributed by atoms with Gasteiger partial charge in [0, 0.05) is 60.0 Å². The summed E-state index contributed by atoms with van der Waals surface area (Å²) in [7, 11) is 0. The zero-order valence-electron chi connectivity index (χ0n) is 20.4. The molecule has 2 aromatic carbocycles. The molecule has 2 amide bonds. The smallest absolute Gasteiger partial charge is 0.273 e. The van der Waals surface area contributed by atoms with Gasteiger partial charge in [0.15, 0.2) is 0 Å². The minimum absolute atomic E-state index is 0.169. The van der Waals surface area contributed by atoms with Gasteiger partial charge in [0.2, 0.25) is 5.91 Å². The monoisotopic (exact) mass is 536 g/mol. The van der Waals surface area contributed by atoms with Crippen LogP contribution in [-0.2, 0) is 11.3 Å². The van der Waals surface area contributed by atoms with Crippen LogP contribution < -0.4 is 0 Å². The third-order valence-corrected chi connectivity index (χ3v) is 7.48. The van der Waals surface area contributed by atoms with Crippen molar-refractivity contribution in [3.8, 4) is 11.3 Å². The lowest BCUT2D eigenvalue weighted by atomic mass is 10.0. The Kier molecular flexibility index (Phi) is 7.48. The first-order chi connectivity index (χ1) is 17.9. The second-order valence-electron chi connectivity index (χ2n) is 9.16. The Morgan fingerprint density at radius 1 is 1.19 bits per heavy atom. The first kappa shape index (κ1) is 25.3. The number of aryl methyl sites for hydroxylation is 1. The summed E-state index contributed by atoms with van der Waals surface area (Å²) >= 11 is 7.71. The Balaban J connectivity index is 1.50. The van der Waals surface area contributed by atoms with Crippen LogP contribution in [0.2, 0.25) is 5.02 Å². The number of rotatable bonds is 8. The highest BCUT2D eigenvalue weighted by Crippen LogP contribution is 2.29. The summed E-state index contributed by atoms with van der Waals surface area (Å²) in [6.07, 6.45) is 2.12. The number of thiazole rings is 1. The van der Waals surface area contributed by atoms with Crippen molar-refractivity contribution < 1.29 is 14.0 Å². The van der Waals surface area contributed by atoms with Gasteiger partial charge < -0.3 is 9.80 Å². The van der Waals surface area contributed by atoms with Crippen LogP contribution in [0.25, 0.3) is 22.2 Å². The number of likely N-dealkylation sites (tertiary alicyclic amines) is 1. The van der Waals surface area contributed by atoms with Crippen molar-refractivity contribution in [1.29, 1.82) is 0 Å². The molecule has 4 aromatic rings. The Labute approximate surface area is 223 Å². The first-order valence-electron chi connectivity index (χ1n) is 12.2. The molecular formula is C28H26ClFN4O2S. The molecule has 0 unspecified atom stereocenters. The van der Waals surface area contributed by atoms with Crippen molar-refractivity contribution in [1.82, 2.24) is 19.8 Å². The number of carbonyl (C=O) groups excluding carboxylic acids is 2. The van der Waals surface area contributed by atoms with Crippen molar-refractivity contribution in [2.24, 2.45) is 0 Å². The number of fused-ring (bicyclic) bond motifs is 1. The number of halogens is 2. The third kappa shape index (κ3) is 5.81. The maximum absolute atomic E-state index is 14.0. The fourth-order valence-electron chi connectivity index (χ4n) is 4.66. The lowest BCUT2D eigenvalue weighted by Gasteiger charge is -2.25. The topological polar surface area (TPSA) is 66.4 Å². The van der Waals surface area contributed by atoms with Crippen LogP contribution in [0.1, 0.15) is 40.3 Å². The molecule has 1 saturated heterocycles. The molecule has 0 aliphatic carbocycles. The minimum atomic E-state index is -0.364. The molecule has 0 saturated carbocycles. The molecule has 37 heavy (non-hydrogen) atoms. The zero-order chi connectivity index (χ0) is 25.9. The summed E-state index contributed by atoms with van der Waals surface area (Å²) in [6, 6.07) is 13.8. The average molecular weight is 537 g/mol. The molecule has 0 radical (unpaired) electrons. The van der Waals surface area contributed by atoms with E-state index < -0.39 is 0 Å². The lowest BCUT2D eigenvalue weighted by molar-refractivity contribution is -0.127. The van der Waals surface area contributed by atoms with Crippen molar-refractivity contribution in [2.45, 2.75) is 32.7 Å². The molecule has 3 heterocycles. The first-order valence-corrected chi connectivity index (χ1v) is 13.5. The van der Waals surface area contributed by atoms with E-state index in [4.69, 9.17) is 16.6 Å². The molecule has 6 nitrogen and oxygen atoms in total. The summed E-state index contributed by atoms with van der Waals surface area (Å²) in [5.74, 6) is -0.368. The molecule has 9 heteroatoms. The molecule has 1 aliphatic heterocycles. The van der Waals surface area contributed by atoms with Crippen molar-refractivity contribution in [2.75, 3.05) is 19.6 Å². The van der Waals surface area contributed by atoms with Crippen LogP contribution in [0.5, 0.6) is 0 Å². The van der Waals surface area contributed by atoms with Gasteiger partial charge in [0.25, 0.3) is 5.91 Å². The van der Waals surface area contributed by atoms with Crippen molar-refractivity contribution in [3.05, 3.63) is 81.0 Å². The van der Waals surface area contributed by atoms with Crippen LogP contribution in [0, 0.1) is 12.7 Å². The average Bonchev–Trinajstić information content (AvgIpc) is 3.50. The van der Waals surface area contributed by atoms with E-state index in [0.717, 1.165) is 34.5 Å². The number of hydrogen-bond donors (Lipinski definition) is 0. The van der Waals surface area contributed by atoms with E-state index in [1.807, 2.05) is 36.1 Å². The molecule has 5 rings (SSSR count). The number of nitrogens with zero attached hydrogens (tertiary/aromatic N) is 4. The summed E-state index contributed by atoms with van der Waals surface area (Å²) in [4.78, 5) is 38.4. The Morgan fingerprint density at radius 2 is 2.05 bits per heavy atom. The van der Waals surface area contributed by atoms with E-state index >= 15 is 0 Å². The molecular weight excluding hydrogens is 511 g/mol. The molecule has 0 atom stereocenters. The van der Waals surface area contributed by atoms with Crippen LogP contribution >= 0.6 is 22.9 Å². The number of hydrogen-bond acceptors (Lipinski definition) is 5. The van der Waals surface area contributed by atoms with E-state index in [2.05, 4.69) is 4.98 Å². The van der Waals surface area contributed by atoms with Crippen LogP contribution in [0.3, 0.4) is 0 Å². The molecule has 0 spiro atoms. The normalized spacial score (nSPS) is 13.5. The molecule has 1 fully saturated rings. The highest BCUT2D eigenvalue weighted by atomic mass is 35.5. The third-order valence-electron chi connectivity index (χ3n) is 6.47. The van der Waals surface area contributed by atoms with E-state index in [0.29, 0.717) is 47.9 Å². The number of aromatic nitrogens is 2. The summed E-state index contributed by atoms with van der Waals surface area (Å²) in [5.41, 5.74) is 3.17. The van der Waals surface area contributed by atoms with Crippen LogP contribution in [0.4, 0.5) is 4.39 Å². The molecule has 2 aromatic heterocycles. The summed E-state index contributed by atoms with van der Waals surface area (Å²) in [5, 5.41) is 3.93.